The fraction of sp³-hybridized carbons (Fsp3) is 0.125. The molecular weight excluding hydrogens is 335 g/mol. The smallest absolute Gasteiger partial charge is 0.416 e. The molecule has 0 atom stereocenters. The number of pyridine rings is 1. The van der Waals surface area contributed by atoms with Gasteiger partial charge in [0, 0.05) is 6.07 Å². The van der Waals surface area contributed by atoms with E-state index in [9.17, 15) is 13.2 Å². The van der Waals surface area contributed by atoms with E-state index in [-0.39, 0.29) is 18.2 Å². The van der Waals surface area contributed by atoms with E-state index >= 15 is 0 Å². The average molecular weight is 345 g/mol. The SMILES string of the molecule is N#CC(C#N)=NNc1ccc(OCc2ccc(C(F)(F)F)cc2)nc1. The number of anilines is 1. The molecule has 0 aliphatic carbocycles. The molecule has 0 saturated carbocycles. The lowest BCUT2D eigenvalue weighted by atomic mass is 10.1. The van der Waals surface area contributed by atoms with Crippen molar-refractivity contribution in [3.05, 3.63) is 53.7 Å². The second-order valence-electron chi connectivity index (χ2n) is 4.66. The molecule has 1 heterocycles. The van der Waals surface area contributed by atoms with Crippen LogP contribution in [0, 0.1) is 22.7 Å². The third-order valence-corrected chi connectivity index (χ3v) is 2.91. The third-order valence-electron chi connectivity index (χ3n) is 2.91. The first kappa shape index (κ1) is 17.8. The Hall–Kier alpha value is -3.59. The Bertz CT molecular complexity index is 815. The van der Waals surface area contributed by atoms with Crippen LogP contribution in [-0.2, 0) is 12.8 Å². The zero-order valence-corrected chi connectivity index (χ0v) is 12.6. The van der Waals surface area contributed by atoms with Crippen molar-refractivity contribution in [3.8, 4) is 18.0 Å². The Morgan fingerprint density at radius 2 is 1.80 bits per heavy atom. The van der Waals surface area contributed by atoms with Crippen molar-refractivity contribution in [3.63, 3.8) is 0 Å². The van der Waals surface area contributed by atoms with Crippen molar-refractivity contribution in [2.24, 2.45) is 5.10 Å². The fourth-order valence-electron chi connectivity index (χ4n) is 1.67. The van der Waals surface area contributed by atoms with Crippen LogP contribution in [-0.4, -0.2) is 10.7 Å². The topological polar surface area (TPSA) is 94.1 Å². The summed E-state index contributed by atoms with van der Waals surface area (Å²) >= 11 is 0. The van der Waals surface area contributed by atoms with Gasteiger partial charge >= 0.3 is 6.18 Å². The van der Waals surface area contributed by atoms with Crippen molar-refractivity contribution in [1.29, 1.82) is 10.5 Å². The van der Waals surface area contributed by atoms with Gasteiger partial charge in [-0.3, -0.25) is 5.43 Å². The summed E-state index contributed by atoms with van der Waals surface area (Å²) in [5.41, 5.74) is 2.43. The minimum Gasteiger partial charge on any atom is -0.473 e. The van der Waals surface area contributed by atoms with Gasteiger partial charge < -0.3 is 4.74 Å². The molecule has 1 aromatic carbocycles. The molecule has 0 unspecified atom stereocenters. The second-order valence-corrected chi connectivity index (χ2v) is 4.66. The summed E-state index contributed by atoms with van der Waals surface area (Å²) in [6.07, 6.45) is -3.00. The predicted octanol–water partition coefficient (Wildman–Crippen LogP) is 3.49. The predicted molar refractivity (Wildman–Crippen MR) is 82.3 cm³/mol. The van der Waals surface area contributed by atoms with Gasteiger partial charge in [0.25, 0.3) is 0 Å². The zero-order valence-electron chi connectivity index (χ0n) is 12.6. The summed E-state index contributed by atoms with van der Waals surface area (Å²) in [6.45, 7) is 0.0586. The quantitative estimate of drug-likeness (QED) is 0.661. The number of aromatic nitrogens is 1. The molecular formula is C16H10F3N5O. The van der Waals surface area contributed by atoms with Gasteiger partial charge in [-0.05, 0) is 23.8 Å². The Labute approximate surface area is 140 Å². The molecule has 25 heavy (non-hydrogen) atoms. The number of alkyl halides is 3. The third kappa shape index (κ3) is 5.22. The van der Waals surface area contributed by atoms with E-state index in [0.29, 0.717) is 11.3 Å². The summed E-state index contributed by atoms with van der Waals surface area (Å²) < 4.78 is 42.8. The van der Waals surface area contributed by atoms with Gasteiger partial charge in [-0.2, -0.15) is 28.8 Å². The number of benzene rings is 1. The van der Waals surface area contributed by atoms with Crippen LogP contribution in [0.4, 0.5) is 18.9 Å². The van der Waals surface area contributed by atoms with Crippen LogP contribution in [0.15, 0.2) is 47.7 Å². The maximum Gasteiger partial charge on any atom is 0.416 e. The van der Waals surface area contributed by atoms with Gasteiger partial charge in [0.05, 0.1) is 17.4 Å². The van der Waals surface area contributed by atoms with Gasteiger partial charge in [-0.25, -0.2) is 4.98 Å². The summed E-state index contributed by atoms with van der Waals surface area (Å²) in [5, 5.41) is 20.6. The molecule has 0 amide bonds. The van der Waals surface area contributed by atoms with Gasteiger partial charge in [-0.15, -0.1) is 0 Å². The standard InChI is InChI=1S/C16H10F3N5O/c17-16(18,19)12-3-1-11(2-4-12)10-25-15-6-5-13(9-22-15)23-24-14(7-20)8-21/h1-6,9,23H,10H2. The van der Waals surface area contributed by atoms with Gasteiger partial charge in [0.2, 0.25) is 11.6 Å². The van der Waals surface area contributed by atoms with E-state index in [4.69, 9.17) is 15.3 Å². The summed E-state index contributed by atoms with van der Waals surface area (Å²) in [7, 11) is 0. The van der Waals surface area contributed by atoms with E-state index in [1.807, 2.05) is 0 Å². The van der Waals surface area contributed by atoms with Crippen LogP contribution in [0.1, 0.15) is 11.1 Å². The number of nitrogens with one attached hydrogen (secondary N) is 1. The lowest BCUT2D eigenvalue weighted by molar-refractivity contribution is -0.137. The Morgan fingerprint density at radius 1 is 1.12 bits per heavy atom. The maximum absolute atomic E-state index is 12.5. The Kier molecular flexibility index (Phi) is 5.54. The molecule has 0 radical (unpaired) electrons. The number of ether oxygens (including phenoxy) is 1. The number of rotatable bonds is 5. The van der Waals surface area contributed by atoms with E-state index in [1.54, 1.807) is 18.2 Å². The van der Waals surface area contributed by atoms with Crippen LogP contribution >= 0.6 is 0 Å². The number of hydrogen-bond donors (Lipinski definition) is 1. The number of nitriles is 2. The molecule has 9 heteroatoms. The Morgan fingerprint density at radius 3 is 2.32 bits per heavy atom. The monoisotopic (exact) mass is 345 g/mol. The van der Waals surface area contributed by atoms with Gasteiger partial charge in [0.1, 0.15) is 18.7 Å². The molecule has 2 aromatic rings. The molecule has 0 aliphatic rings. The number of hydrazone groups is 1. The highest BCUT2D eigenvalue weighted by atomic mass is 19.4. The molecule has 2 rings (SSSR count). The highest BCUT2D eigenvalue weighted by Gasteiger charge is 2.29. The van der Waals surface area contributed by atoms with Crippen LogP contribution in [0.2, 0.25) is 0 Å². The van der Waals surface area contributed by atoms with Crippen LogP contribution in [0.25, 0.3) is 0 Å². The normalized spacial score (nSPS) is 10.3. The number of hydrogen-bond acceptors (Lipinski definition) is 6. The molecule has 0 saturated heterocycles. The highest BCUT2D eigenvalue weighted by molar-refractivity contribution is 6.10. The number of nitrogens with zero attached hydrogens (tertiary/aromatic N) is 4. The van der Waals surface area contributed by atoms with Crippen molar-refractivity contribution >= 4 is 11.4 Å². The Balaban J connectivity index is 1.93. The van der Waals surface area contributed by atoms with Crippen molar-refractivity contribution < 1.29 is 17.9 Å². The first-order valence-corrected chi connectivity index (χ1v) is 6.81. The lowest BCUT2D eigenvalue weighted by Crippen LogP contribution is -2.05. The first-order valence-electron chi connectivity index (χ1n) is 6.81. The summed E-state index contributed by atoms with van der Waals surface area (Å²) in [5.74, 6) is 0.259. The second kappa shape index (κ2) is 7.79. The van der Waals surface area contributed by atoms with E-state index < -0.39 is 11.7 Å². The van der Waals surface area contributed by atoms with E-state index in [0.717, 1.165) is 12.1 Å². The lowest BCUT2D eigenvalue weighted by Gasteiger charge is -2.09. The molecule has 1 N–H and O–H groups in total. The molecule has 126 valence electrons. The van der Waals surface area contributed by atoms with Crippen molar-refractivity contribution in [2.45, 2.75) is 12.8 Å². The van der Waals surface area contributed by atoms with E-state index in [1.165, 1.54) is 24.4 Å². The summed E-state index contributed by atoms with van der Waals surface area (Å²) in [6, 6.07) is 10.9. The molecule has 0 spiro atoms. The van der Waals surface area contributed by atoms with Gasteiger partial charge in [0.15, 0.2) is 0 Å². The maximum atomic E-state index is 12.5. The molecule has 1 aromatic heterocycles. The van der Waals surface area contributed by atoms with Gasteiger partial charge in [-0.1, -0.05) is 12.1 Å². The van der Waals surface area contributed by atoms with E-state index in [2.05, 4.69) is 15.5 Å². The average Bonchev–Trinajstić information content (AvgIpc) is 2.61. The molecule has 0 bridgehead atoms. The summed E-state index contributed by atoms with van der Waals surface area (Å²) in [4.78, 5) is 3.98. The van der Waals surface area contributed by atoms with Crippen molar-refractivity contribution in [1.82, 2.24) is 4.98 Å². The zero-order chi connectivity index (χ0) is 18.3. The fourth-order valence-corrected chi connectivity index (χ4v) is 1.67. The van der Waals surface area contributed by atoms with Crippen LogP contribution in [0.5, 0.6) is 5.88 Å². The largest absolute Gasteiger partial charge is 0.473 e. The van der Waals surface area contributed by atoms with Crippen LogP contribution < -0.4 is 10.2 Å². The molecule has 6 nitrogen and oxygen atoms in total. The first-order chi connectivity index (χ1) is 11.9. The molecule has 0 aliphatic heterocycles. The number of halogens is 3. The molecule has 0 fully saturated rings. The minimum atomic E-state index is -4.37. The minimum absolute atomic E-state index is 0.0586. The van der Waals surface area contributed by atoms with Crippen molar-refractivity contribution in [2.75, 3.05) is 5.43 Å². The highest BCUT2D eigenvalue weighted by Crippen LogP contribution is 2.29. The van der Waals surface area contributed by atoms with Crippen LogP contribution in [0.3, 0.4) is 0 Å².